The summed E-state index contributed by atoms with van der Waals surface area (Å²) in [4.78, 5) is 0.148. The fourth-order valence-electron chi connectivity index (χ4n) is 3.29. The molecule has 0 spiro atoms. The predicted molar refractivity (Wildman–Crippen MR) is 128 cm³/mol. The molecule has 33 heavy (non-hydrogen) atoms. The van der Waals surface area contributed by atoms with Crippen LogP contribution in [-0.2, 0) is 16.6 Å². The Hall–Kier alpha value is -3.01. The first kappa shape index (κ1) is 23.2. The van der Waals surface area contributed by atoms with E-state index in [2.05, 4.69) is 25.8 Å². The lowest BCUT2D eigenvalue weighted by molar-refractivity contribution is 0.321. The maximum absolute atomic E-state index is 14.5. The first-order valence-electron chi connectivity index (χ1n) is 10.2. The van der Waals surface area contributed by atoms with Crippen molar-refractivity contribution in [2.24, 2.45) is 0 Å². The summed E-state index contributed by atoms with van der Waals surface area (Å²) < 4.78 is 50.4. The van der Waals surface area contributed by atoms with E-state index in [4.69, 9.17) is 4.74 Å². The summed E-state index contributed by atoms with van der Waals surface area (Å²) in [5.41, 5.74) is 2.39. The first-order chi connectivity index (χ1) is 15.9. The molecule has 0 fully saturated rings. The van der Waals surface area contributed by atoms with Crippen molar-refractivity contribution in [1.29, 1.82) is 0 Å². The molecular weight excluding hydrogens is 509 g/mol. The maximum atomic E-state index is 14.5. The lowest BCUT2D eigenvalue weighted by Gasteiger charge is -2.09. The van der Waals surface area contributed by atoms with Crippen LogP contribution in [0.5, 0.6) is 5.75 Å². The van der Waals surface area contributed by atoms with Crippen LogP contribution in [0, 0.1) is 5.82 Å². The zero-order chi connectivity index (χ0) is 23.4. The normalized spacial score (nSPS) is 11.5. The molecule has 4 rings (SSSR count). The molecule has 170 valence electrons. The average molecular weight is 530 g/mol. The highest BCUT2D eigenvalue weighted by Gasteiger charge is 2.19. The van der Waals surface area contributed by atoms with Crippen LogP contribution in [0.25, 0.3) is 16.9 Å². The molecule has 4 aromatic rings. The molecular formula is C24H21BrFN3O3S. The third kappa shape index (κ3) is 5.32. The van der Waals surface area contributed by atoms with Crippen LogP contribution in [0.2, 0.25) is 0 Å². The van der Waals surface area contributed by atoms with Crippen LogP contribution in [0.15, 0.2) is 88.4 Å². The fraction of sp³-hybridized carbons (Fsp3) is 0.125. The van der Waals surface area contributed by atoms with Gasteiger partial charge in [-0.2, -0.15) is 5.10 Å². The zero-order valence-corrected chi connectivity index (χ0v) is 20.1. The smallest absolute Gasteiger partial charge is 0.240 e. The van der Waals surface area contributed by atoms with Gasteiger partial charge in [0.1, 0.15) is 0 Å². The van der Waals surface area contributed by atoms with Gasteiger partial charge >= 0.3 is 0 Å². The van der Waals surface area contributed by atoms with Gasteiger partial charge in [-0.1, -0.05) is 34.1 Å². The Morgan fingerprint density at radius 3 is 2.45 bits per heavy atom. The Labute approximate surface area is 200 Å². The Morgan fingerprint density at radius 1 is 1.06 bits per heavy atom. The van der Waals surface area contributed by atoms with Gasteiger partial charge in [-0.05, 0) is 61.5 Å². The molecule has 0 aliphatic rings. The number of hydrogen-bond donors (Lipinski definition) is 1. The molecule has 1 heterocycles. The quantitative estimate of drug-likeness (QED) is 0.335. The molecule has 0 bridgehead atoms. The number of benzene rings is 3. The summed E-state index contributed by atoms with van der Waals surface area (Å²) in [6.07, 6.45) is 1.74. The minimum atomic E-state index is -3.75. The molecule has 0 atom stereocenters. The average Bonchev–Trinajstić information content (AvgIpc) is 3.25. The molecule has 0 aliphatic heterocycles. The Kier molecular flexibility index (Phi) is 6.92. The summed E-state index contributed by atoms with van der Waals surface area (Å²) in [5.74, 6) is -0.355. The van der Waals surface area contributed by atoms with Crippen molar-refractivity contribution in [3.05, 3.63) is 94.8 Å². The van der Waals surface area contributed by atoms with Gasteiger partial charge in [-0.15, -0.1) is 0 Å². The van der Waals surface area contributed by atoms with E-state index in [1.807, 2.05) is 30.3 Å². The summed E-state index contributed by atoms with van der Waals surface area (Å²) in [6, 6.07) is 20.4. The SMILES string of the molecule is CCOc1ccc(-c2nn(-c3ccccc3)cc2CNS(=O)(=O)c2ccc(Br)cc2)cc1F. The lowest BCUT2D eigenvalue weighted by atomic mass is 10.1. The van der Waals surface area contributed by atoms with Crippen LogP contribution in [0.4, 0.5) is 4.39 Å². The molecule has 0 radical (unpaired) electrons. The van der Waals surface area contributed by atoms with Crippen molar-refractivity contribution in [3.63, 3.8) is 0 Å². The molecule has 1 aromatic heterocycles. The van der Waals surface area contributed by atoms with Crippen LogP contribution in [-0.4, -0.2) is 24.8 Å². The van der Waals surface area contributed by atoms with Crippen LogP contribution < -0.4 is 9.46 Å². The molecule has 9 heteroatoms. The molecule has 0 aliphatic carbocycles. The number of sulfonamides is 1. The minimum absolute atomic E-state index is 0.0185. The third-order valence-electron chi connectivity index (χ3n) is 4.89. The Balaban J connectivity index is 1.69. The van der Waals surface area contributed by atoms with Crippen molar-refractivity contribution in [3.8, 4) is 22.7 Å². The van der Waals surface area contributed by atoms with E-state index in [-0.39, 0.29) is 17.2 Å². The second-order valence-corrected chi connectivity index (χ2v) is 9.82. The molecule has 1 N–H and O–H groups in total. The number of nitrogens with one attached hydrogen (secondary N) is 1. The lowest BCUT2D eigenvalue weighted by Crippen LogP contribution is -2.23. The monoisotopic (exact) mass is 529 g/mol. The van der Waals surface area contributed by atoms with Gasteiger partial charge in [0.25, 0.3) is 0 Å². The second kappa shape index (κ2) is 9.86. The number of halogens is 2. The minimum Gasteiger partial charge on any atom is -0.491 e. The van der Waals surface area contributed by atoms with Gasteiger partial charge in [0.2, 0.25) is 10.0 Å². The van der Waals surface area contributed by atoms with Gasteiger partial charge < -0.3 is 4.74 Å². The highest BCUT2D eigenvalue weighted by Crippen LogP contribution is 2.28. The van der Waals surface area contributed by atoms with E-state index in [1.165, 1.54) is 18.2 Å². The highest BCUT2D eigenvalue weighted by molar-refractivity contribution is 9.10. The van der Waals surface area contributed by atoms with Crippen molar-refractivity contribution < 1.29 is 17.5 Å². The number of nitrogens with zero attached hydrogens (tertiary/aromatic N) is 2. The number of rotatable bonds is 8. The summed E-state index contributed by atoms with van der Waals surface area (Å²) >= 11 is 3.30. The van der Waals surface area contributed by atoms with Crippen LogP contribution in [0.1, 0.15) is 12.5 Å². The largest absolute Gasteiger partial charge is 0.491 e. The van der Waals surface area contributed by atoms with E-state index < -0.39 is 15.8 Å². The van der Waals surface area contributed by atoms with Gasteiger partial charge in [0.15, 0.2) is 11.6 Å². The number of para-hydroxylation sites is 1. The first-order valence-corrected chi connectivity index (χ1v) is 12.5. The second-order valence-electron chi connectivity index (χ2n) is 7.14. The van der Waals surface area contributed by atoms with Gasteiger partial charge in [-0.25, -0.2) is 22.2 Å². The molecule has 0 unspecified atom stereocenters. The predicted octanol–water partition coefficient (Wildman–Crippen LogP) is 5.32. The fourth-order valence-corrected chi connectivity index (χ4v) is 4.56. The standard InChI is InChI=1S/C24H21BrFN3O3S/c1-2-32-23-13-8-17(14-22(23)26)24-18(16-29(28-24)20-6-4-3-5-7-20)15-27-33(30,31)21-11-9-19(25)10-12-21/h3-14,16,27H,2,15H2,1H3. The topological polar surface area (TPSA) is 73.2 Å². The van der Waals surface area contributed by atoms with E-state index in [1.54, 1.807) is 42.1 Å². The van der Waals surface area contributed by atoms with Crippen molar-refractivity contribution in [1.82, 2.24) is 14.5 Å². The van der Waals surface area contributed by atoms with Crippen molar-refractivity contribution in [2.75, 3.05) is 6.61 Å². The van der Waals surface area contributed by atoms with E-state index in [0.29, 0.717) is 23.4 Å². The molecule has 0 amide bonds. The summed E-state index contributed by atoms with van der Waals surface area (Å²) in [7, 11) is -3.75. The molecule has 6 nitrogen and oxygen atoms in total. The molecule has 0 saturated carbocycles. The van der Waals surface area contributed by atoms with E-state index >= 15 is 0 Å². The van der Waals surface area contributed by atoms with Crippen LogP contribution in [0.3, 0.4) is 0 Å². The van der Waals surface area contributed by atoms with E-state index in [9.17, 15) is 12.8 Å². The number of ether oxygens (including phenoxy) is 1. The van der Waals surface area contributed by atoms with Gasteiger partial charge in [0.05, 0.1) is 22.9 Å². The highest BCUT2D eigenvalue weighted by atomic mass is 79.9. The third-order valence-corrected chi connectivity index (χ3v) is 6.84. The Bertz CT molecular complexity index is 1360. The van der Waals surface area contributed by atoms with Crippen LogP contribution >= 0.6 is 15.9 Å². The van der Waals surface area contributed by atoms with Crippen molar-refractivity contribution >= 4 is 26.0 Å². The molecule has 0 saturated heterocycles. The molecule has 3 aromatic carbocycles. The number of hydrogen-bond acceptors (Lipinski definition) is 4. The summed E-state index contributed by atoms with van der Waals surface area (Å²) in [5, 5.41) is 4.62. The summed E-state index contributed by atoms with van der Waals surface area (Å²) in [6.45, 7) is 2.11. The van der Waals surface area contributed by atoms with Gasteiger partial charge in [0, 0.05) is 28.3 Å². The van der Waals surface area contributed by atoms with Crippen molar-refractivity contribution in [2.45, 2.75) is 18.4 Å². The maximum Gasteiger partial charge on any atom is 0.240 e. The number of aromatic nitrogens is 2. The van der Waals surface area contributed by atoms with Gasteiger partial charge in [-0.3, -0.25) is 0 Å². The van der Waals surface area contributed by atoms with E-state index in [0.717, 1.165) is 10.2 Å². The zero-order valence-electron chi connectivity index (χ0n) is 17.7. The Morgan fingerprint density at radius 2 is 1.79 bits per heavy atom.